The van der Waals surface area contributed by atoms with Crippen LogP contribution in [0.3, 0.4) is 0 Å². The first-order chi connectivity index (χ1) is 6.91. The lowest BCUT2D eigenvalue weighted by molar-refractivity contribution is -0.148. The molecule has 1 aromatic rings. The molecule has 1 rings (SSSR count). The number of carboxylic acids is 1. The molecule has 0 spiro atoms. The smallest absolute Gasteiger partial charge is 0.453 e. The predicted molar refractivity (Wildman–Crippen MR) is 39.7 cm³/mol. The van der Waals surface area contributed by atoms with E-state index in [1.165, 1.54) is 0 Å². The maximum Gasteiger partial charge on any atom is 0.453 e. The van der Waals surface area contributed by atoms with Gasteiger partial charge >= 0.3 is 12.1 Å². The topological polar surface area (TPSA) is 80.9 Å². The first-order valence-corrected chi connectivity index (χ1v) is 3.96. The van der Waals surface area contributed by atoms with Gasteiger partial charge in [-0.05, 0) is 16.8 Å². The van der Waals surface area contributed by atoms with Gasteiger partial charge in [0.1, 0.15) is 0 Å². The molecule has 0 atom stereocenters. The van der Waals surface area contributed by atoms with Crippen molar-refractivity contribution < 1.29 is 23.1 Å². The Kier molecular flexibility index (Phi) is 3.22. The standard InChI is InChI=1S/C6H7F3N4O2/c7-6(8,9)5-10-11-12-13(5)3-1-2-4(14)15/h1-3H2,(H,14,15). The molecule has 1 aromatic heterocycles. The van der Waals surface area contributed by atoms with Crippen molar-refractivity contribution in [3.05, 3.63) is 5.82 Å². The number of aliphatic carboxylic acids is 1. The third kappa shape index (κ3) is 3.18. The summed E-state index contributed by atoms with van der Waals surface area (Å²) in [6.45, 7) is -0.172. The molecule has 0 aliphatic heterocycles. The Labute approximate surface area is 81.7 Å². The zero-order valence-electron chi connectivity index (χ0n) is 7.40. The lowest BCUT2D eigenvalue weighted by atomic mass is 10.3. The summed E-state index contributed by atoms with van der Waals surface area (Å²) in [6, 6.07) is 0. The molecule has 0 saturated heterocycles. The molecule has 84 valence electrons. The van der Waals surface area contributed by atoms with Gasteiger partial charge in [0.15, 0.2) is 0 Å². The van der Waals surface area contributed by atoms with E-state index in [1.807, 2.05) is 0 Å². The van der Waals surface area contributed by atoms with Crippen LogP contribution in [-0.4, -0.2) is 31.3 Å². The van der Waals surface area contributed by atoms with E-state index in [-0.39, 0.29) is 19.4 Å². The molecular formula is C6H7F3N4O2. The molecule has 0 aliphatic carbocycles. The number of hydrogen-bond acceptors (Lipinski definition) is 4. The zero-order chi connectivity index (χ0) is 11.5. The number of tetrazole rings is 1. The van der Waals surface area contributed by atoms with E-state index >= 15 is 0 Å². The van der Waals surface area contributed by atoms with Crippen LogP contribution in [-0.2, 0) is 17.5 Å². The second kappa shape index (κ2) is 4.24. The molecule has 0 radical (unpaired) electrons. The van der Waals surface area contributed by atoms with Gasteiger partial charge in [0, 0.05) is 13.0 Å². The Bertz CT molecular complexity index is 348. The minimum atomic E-state index is -4.62. The summed E-state index contributed by atoms with van der Waals surface area (Å²) < 4.78 is 37.1. The highest BCUT2D eigenvalue weighted by atomic mass is 19.4. The Hall–Kier alpha value is -1.67. The van der Waals surface area contributed by atoms with E-state index < -0.39 is 18.0 Å². The molecule has 0 unspecified atom stereocenters. The Balaban J connectivity index is 2.62. The van der Waals surface area contributed by atoms with Gasteiger partial charge in [-0.3, -0.25) is 4.79 Å². The van der Waals surface area contributed by atoms with Crippen LogP contribution < -0.4 is 0 Å². The minimum absolute atomic E-state index is 0.0451. The third-order valence-corrected chi connectivity index (χ3v) is 1.55. The van der Waals surface area contributed by atoms with Crippen LogP contribution in [0.25, 0.3) is 0 Å². The molecule has 9 heteroatoms. The van der Waals surface area contributed by atoms with Gasteiger partial charge in [0.25, 0.3) is 5.82 Å². The number of nitrogens with zero attached hydrogens (tertiary/aromatic N) is 4. The van der Waals surface area contributed by atoms with E-state index in [2.05, 4.69) is 15.5 Å². The number of aryl methyl sites for hydroxylation is 1. The number of alkyl halides is 3. The number of carboxylic acid groups (broad SMARTS) is 1. The quantitative estimate of drug-likeness (QED) is 0.807. The number of aromatic nitrogens is 4. The summed E-state index contributed by atoms with van der Waals surface area (Å²) in [5.41, 5.74) is 0. The van der Waals surface area contributed by atoms with Crippen LogP contribution in [0.15, 0.2) is 0 Å². The van der Waals surface area contributed by atoms with Crippen molar-refractivity contribution in [1.29, 1.82) is 0 Å². The number of carbonyl (C=O) groups is 1. The van der Waals surface area contributed by atoms with Crippen LogP contribution in [0.2, 0.25) is 0 Å². The first-order valence-electron chi connectivity index (χ1n) is 3.96. The van der Waals surface area contributed by atoms with Crippen molar-refractivity contribution in [2.45, 2.75) is 25.6 Å². The van der Waals surface area contributed by atoms with Crippen LogP contribution in [0.1, 0.15) is 18.7 Å². The Morgan fingerprint density at radius 2 is 2.13 bits per heavy atom. The Morgan fingerprint density at radius 1 is 1.47 bits per heavy atom. The van der Waals surface area contributed by atoms with Crippen molar-refractivity contribution >= 4 is 5.97 Å². The second-order valence-electron chi connectivity index (χ2n) is 2.72. The molecule has 1 N–H and O–H groups in total. The minimum Gasteiger partial charge on any atom is -0.481 e. The van der Waals surface area contributed by atoms with Crippen molar-refractivity contribution in [2.75, 3.05) is 0 Å². The van der Waals surface area contributed by atoms with Crippen LogP contribution >= 0.6 is 0 Å². The van der Waals surface area contributed by atoms with E-state index in [1.54, 1.807) is 0 Å². The van der Waals surface area contributed by atoms with E-state index in [0.717, 1.165) is 0 Å². The van der Waals surface area contributed by atoms with Crippen LogP contribution in [0, 0.1) is 0 Å². The molecule has 0 fully saturated rings. The summed E-state index contributed by atoms with van der Waals surface area (Å²) in [6.07, 6.45) is -4.80. The monoisotopic (exact) mass is 224 g/mol. The Morgan fingerprint density at radius 3 is 2.67 bits per heavy atom. The first kappa shape index (κ1) is 11.4. The second-order valence-corrected chi connectivity index (χ2v) is 2.72. The highest BCUT2D eigenvalue weighted by molar-refractivity contribution is 5.66. The highest BCUT2D eigenvalue weighted by Crippen LogP contribution is 2.26. The van der Waals surface area contributed by atoms with Gasteiger partial charge in [-0.15, -0.1) is 5.10 Å². The molecule has 0 saturated carbocycles. The molecule has 0 amide bonds. The van der Waals surface area contributed by atoms with Gasteiger partial charge in [0.05, 0.1) is 0 Å². The number of halogens is 3. The van der Waals surface area contributed by atoms with E-state index in [4.69, 9.17) is 5.11 Å². The molecule has 6 nitrogen and oxygen atoms in total. The van der Waals surface area contributed by atoms with Crippen molar-refractivity contribution in [3.63, 3.8) is 0 Å². The van der Waals surface area contributed by atoms with Gasteiger partial charge < -0.3 is 5.11 Å². The average Bonchev–Trinajstić information content (AvgIpc) is 2.50. The lowest BCUT2D eigenvalue weighted by Crippen LogP contribution is -2.16. The van der Waals surface area contributed by atoms with Crippen LogP contribution in [0.5, 0.6) is 0 Å². The molecule has 1 heterocycles. The van der Waals surface area contributed by atoms with Gasteiger partial charge in [-0.1, -0.05) is 0 Å². The average molecular weight is 224 g/mol. The third-order valence-electron chi connectivity index (χ3n) is 1.55. The zero-order valence-corrected chi connectivity index (χ0v) is 7.40. The largest absolute Gasteiger partial charge is 0.481 e. The van der Waals surface area contributed by atoms with Gasteiger partial charge in [-0.2, -0.15) is 13.2 Å². The molecule has 15 heavy (non-hydrogen) atoms. The van der Waals surface area contributed by atoms with E-state index in [9.17, 15) is 18.0 Å². The fraction of sp³-hybridized carbons (Fsp3) is 0.667. The lowest BCUT2D eigenvalue weighted by Gasteiger charge is -2.05. The molecule has 0 aliphatic rings. The maximum atomic E-state index is 12.2. The molecule has 0 bridgehead atoms. The van der Waals surface area contributed by atoms with Crippen LogP contribution in [0.4, 0.5) is 13.2 Å². The van der Waals surface area contributed by atoms with Crippen molar-refractivity contribution in [2.24, 2.45) is 0 Å². The van der Waals surface area contributed by atoms with Gasteiger partial charge in [-0.25, -0.2) is 4.68 Å². The summed E-state index contributed by atoms with van der Waals surface area (Å²) in [5.74, 6) is -2.29. The van der Waals surface area contributed by atoms with Gasteiger partial charge in [0.2, 0.25) is 0 Å². The molecule has 0 aromatic carbocycles. The van der Waals surface area contributed by atoms with Crippen molar-refractivity contribution in [3.8, 4) is 0 Å². The number of rotatable bonds is 4. The van der Waals surface area contributed by atoms with E-state index in [0.29, 0.717) is 4.68 Å². The summed E-state index contributed by atoms with van der Waals surface area (Å²) in [5, 5.41) is 17.1. The fourth-order valence-electron chi connectivity index (χ4n) is 0.938. The highest BCUT2D eigenvalue weighted by Gasteiger charge is 2.37. The number of hydrogen-bond donors (Lipinski definition) is 1. The fourth-order valence-corrected chi connectivity index (χ4v) is 0.938. The SMILES string of the molecule is O=C(O)CCCn1nnnc1C(F)(F)F. The summed E-state index contributed by atoms with van der Waals surface area (Å²) in [4.78, 5) is 10.1. The normalized spacial score (nSPS) is 11.7. The maximum absolute atomic E-state index is 12.2. The van der Waals surface area contributed by atoms with Crippen molar-refractivity contribution in [1.82, 2.24) is 20.2 Å². The molecular weight excluding hydrogens is 217 g/mol. The predicted octanol–water partition coefficient (Wildman–Crippen LogP) is 0.557. The summed E-state index contributed by atoms with van der Waals surface area (Å²) >= 11 is 0. The summed E-state index contributed by atoms with van der Waals surface area (Å²) in [7, 11) is 0.